The van der Waals surface area contributed by atoms with Gasteiger partial charge in [0.2, 0.25) is 0 Å². The topological polar surface area (TPSA) is 0 Å². The molecule has 58 valence electrons. The average Bonchev–Trinajstić information content (AvgIpc) is 2.58. The first-order chi connectivity index (χ1) is 5.47. The van der Waals surface area contributed by atoms with Gasteiger partial charge < -0.3 is 0 Å². The van der Waals surface area contributed by atoms with Crippen LogP contribution in [-0.2, 0) is 0 Å². The van der Waals surface area contributed by atoms with Crippen LogP contribution in [0.3, 0.4) is 0 Å². The Morgan fingerprint density at radius 3 is 2.64 bits per heavy atom. The third-order valence-electron chi connectivity index (χ3n) is 2.20. The van der Waals surface area contributed by atoms with Crippen molar-refractivity contribution in [3.8, 4) is 0 Å². The molecule has 0 amide bonds. The van der Waals surface area contributed by atoms with Crippen LogP contribution < -0.4 is 0 Å². The second-order valence-corrected chi connectivity index (χ2v) is 4.12. The Morgan fingerprint density at radius 1 is 1.18 bits per heavy atom. The second-order valence-electron chi connectivity index (χ2n) is 2.97. The highest BCUT2D eigenvalue weighted by Crippen LogP contribution is 2.31. The lowest BCUT2D eigenvalue weighted by atomic mass is 9.99. The summed E-state index contributed by atoms with van der Waals surface area (Å²) in [5.41, 5.74) is 1.53. The van der Waals surface area contributed by atoms with Crippen molar-refractivity contribution in [3.63, 3.8) is 0 Å². The fourth-order valence-corrected chi connectivity index (χ4v) is 2.78. The molecule has 0 aromatic heterocycles. The van der Waals surface area contributed by atoms with Gasteiger partial charge in [-0.1, -0.05) is 30.3 Å². The molecule has 1 atom stereocenters. The normalized spacial score (nSPS) is 23.8. The van der Waals surface area contributed by atoms with Gasteiger partial charge in [0.05, 0.1) is 0 Å². The molecule has 0 nitrogen and oxygen atoms in total. The molecule has 1 heterocycles. The molecule has 0 aliphatic carbocycles. The minimum atomic E-state index is 0.834. The lowest BCUT2D eigenvalue weighted by molar-refractivity contribution is 0.782. The SMILES string of the molecule is c1ccc(C2CCSC2)cc1. The minimum Gasteiger partial charge on any atom is -0.161 e. The van der Waals surface area contributed by atoms with Gasteiger partial charge >= 0.3 is 0 Å². The summed E-state index contributed by atoms with van der Waals surface area (Å²) in [7, 11) is 0. The van der Waals surface area contributed by atoms with Crippen molar-refractivity contribution >= 4 is 11.8 Å². The van der Waals surface area contributed by atoms with Crippen LogP contribution in [0.1, 0.15) is 17.9 Å². The lowest BCUT2D eigenvalue weighted by Crippen LogP contribution is -1.94. The first-order valence-electron chi connectivity index (χ1n) is 4.09. The monoisotopic (exact) mass is 164 g/mol. The zero-order valence-corrected chi connectivity index (χ0v) is 7.31. The summed E-state index contributed by atoms with van der Waals surface area (Å²) < 4.78 is 0. The Labute approximate surface area is 72.0 Å². The van der Waals surface area contributed by atoms with E-state index in [1.54, 1.807) is 0 Å². The molecular formula is C10H12S. The maximum Gasteiger partial charge on any atom is 0.000177 e. The molecule has 1 aliphatic rings. The van der Waals surface area contributed by atoms with Gasteiger partial charge in [-0.3, -0.25) is 0 Å². The van der Waals surface area contributed by atoms with E-state index in [0.717, 1.165) is 5.92 Å². The van der Waals surface area contributed by atoms with Gasteiger partial charge in [0.1, 0.15) is 0 Å². The number of hydrogen-bond acceptors (Lipinski definition) is 1. The van der Waals surface area contributed by atoms with E-state index in [2.05, 4.69) is 42.1 Å². The Morgan fingerprint density at radius 2 is 2.00 bits per heavy atom. The molecule has 0 saturated carbocycles. The van der Waals surface area contributed by atoms with Crippen molar-refractivity contribution in [2.45, 2.75) is 12.3 Å². The molecule has 0 spiro atoms. The van der Waals surface area contributed by atoms with Crippen molar-refractivity contribution in [2.24, 2.45) is 0 Å². The Bertz CT molecular complexity index is 212. The molecule has 0 radical (unpaired) electrons. The quantitative estimate of drug-likeness (QED) is 0.615. The maximum absolute atomic E-state index is 2.25. The summed E-state index contributed by atoms with van der Waals surface area (Å²) in [5, 5.41) is 0. The number of benzene rings is 1. The van der Waals surface area contributed by atoms with Crippen LogP contribution in [0, 0.1) is 0 Å². The molecule has 11 heavy (non-hydrogen) atoms. The predicted octanol–water partition coefficient (Wildman–Crippen LogP) is 2.91. The minimum absolute atomic E-state index is 0.834. The van der Waals surface area contributed by atoms with E-state index in [-0.39, 0.29) is 0 Å². The van der Waals surface area contributed by atoms with E-state index in [4.69, 9.17) is 0 Å². The van der Waals surface area contributed by atoms with Crippen molar-refractivity contribution in [1.82, 2.24) is 0 Å². The fraction of sp³-hybridized carbons (Fsp3) is 0.400. The van der Waals surface area contributed by atoms with E-state index in [0.29, 0.717) is 0 Å². The smallest absolute Gasteiger partial charge is 0.000177 e. The van der Waals surface area contributed by atoms with Crippen LogP contribution >= 0.6 is 11.8 Å². The van der Waals surface area contributed by atoms with Crippen LogP contribution in [0.2, 0.25) is 0 Å². The predicted molar refractivity (Wildman–Crippen MR) is 51.1 cm³/mol. The Kier molecular flexibility index (Phi) is 2.18. The van der Waals surface area contributed by atoms with E-state index in [1.807, 2.05) is 0 Å². The summed E-state index contributed by atoms with van der Waals surface area (Å²) in [6, 6.07) is 10.9. The zero-order valence-electron chi connectivity index (χ0n) is 6.49. The number of thioether (sulfide) groups is 1. The van der Waals surface area contributed by atoms with Crippen molar-refractivity contribution in [2.75, 3.05) is 11.5 Å². The first-order valence-corrected chi connectivity index (χ1v) is 5.25. The summed E-state index contributed by atoms with van der Waals surface area (Å²) in [5.74, 6) is 3.50. The Hall–Kier alpha value is -0.430. The number of hydrogen-bond donors (Lipinski definition) is 0. The third-order valence-corrected chi connectivity index (χ3v) is 3.36. The molecule has 1 saturated heterocycles. The largest absolute Gasteiger partial charge is 0.161 e. The maximum atomic E-state index is 2.25. The summed E-state index contributed by atoms with van der Waals surface area (Å²) in [6.07, 6.45) is 1.37. The van der Waals surface area contributed by atoms with Gasteiger partial charge in [-0.25, -0.2) is 0 Å². The van der Waals surface area contributed by atoms with Gasteiger partial charge in [0.25, 0.3) is 0 Å². The van der Waals surface area contributed by atoms with E-state index < -0.39 is 0 Å². The molecular weight excluding hydrogens is 152 g/mol. The lowest BCUT2D eigenvalue weighted by Gasteiger charge is -2.06. The fourth-order valence-electron chi connectivity index (χ4n) is 1.52. The molecule has 0 bridgehead atoms. The van der Waals surface area contributed by atoms with E-state index in [9.17, 15) is 0 Å². The molecule has 1 aliphatic heterocycles. The molecule has 0 N–H and O–H groups in total. The van der Waals surface area contributed by atoms with Gasteiger partial charge in [-0.2, -0.15) is 11.8 Å². The van der Waals surface area contributed by atoms with Crippen LogP contribution in [0.5, 0.6) is 0 Å². The van der Waals surface area contributed by atoms with Crippen molar-refractivity contribution < 1.29 is 0 Å². The van der Waals surface area contributed by atoms with Crippen LogP contribution in [0.15, 0.2) is 30.3 Å². The Balaban J connectivity index is 2.16. The van der Waals surface area contributed by atoms with Crippen LogP contribution in [0.25, 0.3) is 0 Å². The van der Waals surface area contributed by atoms with Gasteiger partial charge in [0.15, 0.2) is 0 Å². The molecule has 1 heteroatoms. The van der Waals surface area contributed by atoms with Gasteiger partial charge in [-0.05, 0) is 23.7 Å². The zero-order chi connectivity index (χ0) is 7.52. The summed E-state index contributed by atoms with van der Waals surface area (Å²) in [6.45, 7) is 0. The summed E-state index contributed by atoms with van der Waals surface area (Å²) in [4.78, 5) is 0. The third kappa shape index (κ3) is 1.59. The van der Waals surface area contributed by atoms with Crippen LogP contribution in [-0.4, -0.2) is 11.5 Å². The summed E-state index contributed by atoms with van der Waals surface area (Å²) >= 11 is 2.08. The standard InChI is InChI=1S/C10H12S/c1-2-4-9(5-3-1)10-6-7-11-8-10/h1-5,10H,6-8H2. The molecule has 1 aromatic rings. The second kappa shape index (κ2) is 3.31. The van der Waals surface area contributed by atoms with Crippen molar-refractivity contribution in [3.05, 3.63) is 35.9 Å². The van der Waals surface area contributed by atoms with Gasteiger partial charge in [-0.15, -0.1) is 0 Å². The van der Waals surface area contributed by atoms with Crippen molar-refractivity contribution in [1.29, 1.82) is 0 Å². The highest BCUT2D eigenvalue weighted by molar-refractivity contribution is 7.99. The molecule has 2 rings (SSSR count). The average molecular weight is 164 g/mol. The molecule has 1 fully saturated rings. The van der Waals surface area contributed by atoms with E-state index >= 15 is 0 Å². The molecule has 1 unspecified atom stereocenters. The highest BCUT2D eigenvalue weighted by atomic mass is 32.2. The molecule has 1 aromatic carbocycles. The van der Waals surface area contributed by atoms with E-state index in [1.165, 1.54) is 23.5 Å². The van der Waals surface area contributed by atoms with Crippen LogP contribution in [0.4, 0.5) is 0 Å². The number of rotatable bonds is 1. The van der Waals surface area contributed by atoms with Gasteiger partial charge in [0, 0.05) is 5.75 Å². The first kappa shape index (κ1) is 7.23. The highest BCUT2D eigenvalue weighted by Gasteiger charge is 2.16.